The topological polar surface area (TPSA) is 136 Å². The first-order chi connectivity index (χ1) is 31.8. The molecule has 0 bridgehead atoms. The Morgan fingerprint density at radius 1 is 0.507 bits per heavy atom. The van der Waals surface area contributed by atoms with E-state index < -0.39 is 28.3 Å². The van der Waals surface area contributed by atoms with Crippen LogP contribution >= 0.6 is 21.6 Å². The number of hydrogen-bond donors (Lipinski definition) is 4. The second kappa shape index (κ2) is 28.1. The molecule has 0 aromatic heterocycles. The summed E-state index contributed by atoms with van der Waals surface area (Å²) in [6.07, 6.45) is 3.05. The molecule has 4 N–H and O–H groups in total. The molecule has 0 unspecified atom stereocenters. The molecule has 5 aromatic rings. The molecule has 368 valence electrons. The first-order valence-corrected chi connectivity index (χ1v) is 29.9. The SMILES string of the molecule is CC(C)(OOC(C)(C)c1ccccc1)c1ccccc1.CO[Si](C)(CCCSSCCC[Si](CO)(OC)OC)OC.Cc1ccc(O)c(Cc2cc(C)cc(Cc3cc(C)ccc3O)c2O)c1. The Balaban J connectivity index is 0.000000270. The highest BCUT2D eigenvalue weighted by Crippen LogP contribution is 2.34. The number of aryl methyl sites for hydroxylation is 3. The maximum atomic E-state index is 10.8. The van der Waals surface area contributed by atoms with E-state index in [-0.39, 0.29) is 23.5 Å². The number of benzene rings is 5. The average Bonchev–Trinajstić information content (AvgIpc) is 3.33. The molecule has 0 spiro atoms. The van der Waals surface area contributed by atoms with Gasteiger partial charge in [0.05, 0.1) is 6.23 Å². The fourth-order valence-corrected chi connectivity index (χ4v) is 12.9. The molecule has 0 aliphatic heterocycles. The summed E-state index contributed by atoms with van der Waals surface area (Å²) in [5, 5.41) is 40.4. The lowest BCUT2D eigenvalue weighted by atomic mass is 9.94. The summed E-state index contributed by atoms with van der Waals surface area (Å²) >= 11 is 0. The van der Waals surface area contributed by atoms with Gasteiger partial charge in [0.15, 0.2) is 0 Å². The fraction of sp³-hybridized carbons (Fsp3) is 0.434. The molecule has 67 heavy (non-hydrogen) atoms. The second-order valence-electron chi connectivity index (χ2n) is 17.8. The van der Waals surface area contributed by atoms with Gasteiger partial charge in [-0.1, -0.05) is 135 Å². The van der Waals surface area contributed by atoms with Gasteiger partial charge in [0.1, 0.15) is 28.5 Å². The van der Waals surface area contributed by atoms with Gasteiger partial charge < -0.3 is 38.1 Å². The van der Waals surface area contributed by atoms with Crippen LogP contribution in [0.15, 0.2) is 109 Å². The molecule has 5 rings (SSSR count). The van der Waals surface area contributed by atoms with Crippen molar-refractivity contribution in [2.75, 3.05) is 46.2 Å². The number of aromatic hydroxyl groups is 3. The molecular weight excluding hydrogens is 917 g/mol. The minimum Gasteiger partial charge on any atom is -0.508 e. The Morgan fingerprint density at radius 2 is 0.896 bits per heavy atom. The summed E-state index contributed by atoms with van der Waals surface area (Å²) in [7, 11) is 6.27. The quantitative estimate of drug-likeness (QED) is 0.0163. The standard InChI is InChI=1S/C23H24O3.C18H22O2.C12H30O5S2Si2/c1-14-4-6-21(24)17(8-14)12-19-10-16(3)11-20(23(19)26)13-18-9-15(2)5-7-22(18)25;1-17(2,15-11-7-5-8-12-15)19-20-18(3,4)16-13-9-6-10-14-16;1-14-20(5,15-2)10-6-8-18-19-9-7-11-21(12-13,16-3)17-4/h4-11,24-26H,12-13H2,1-3H3;5-14H,1-4H3;13H,6-12H2,1-5H3. The normalized spacial score (nSPS) is 12.0. The van der Waals surface area contributed by atoms with Crippen molar-refractivity contribution < 1.29 is 47.9 Å². The van der Waals surface area contributed by atoms with Crippen LogP contribution in [0, 0.1) is 20.8 Å². The molecule has 0 saturated carbocycles. The zero-order chi connectivity index (χ0) is 49.7. The zero-order valence-corrected chi connectivity index (χ0v) is 45.4. The van der Waals surface area contributed by atoms with Gasteiger partial charge in [0.25, 0.3) is 0 Å². The van der Waals surface area contributed by atoms with E-state index in [2.05, 4.69) is 6.55 Å². The van der Waals surface area contributed by atoms with Gasteiger partial charge in [-0.3, -0.25) is 0 Å². The van der Waals surface area contributed by atoms with Crippen molar-refractivity contribution in [3.8, 4) is 17.2 Å². The summed E-state index contributed by atoms with van der Waals surface area (Å²) in [4.78, 5) is 11.5. The maximum Gasteiger partial charge on any atom is 0.364 e. The molecule has 0 aliphatic rings. The first-order valence-electron chi connectivity index (χ1n) is 22.7. The van der Waals surface area contributed by atoms with Crippen LogP contribution in [0.25, 0.3) is 0 Å². The lowest BCUT2D eigenvalue weighted by molar-refractivity contribution is -0.410. The third-order valence-corrected chi connectivity index (χ3v) is 20.3. The number of aliphatic hydroxyl groups excluding tert-OH is 1. The van der Waals surface area contributed by atoms with Gasteiger partial charge in [-0.2, -0.15) is 0 Å². The minimum atomic E-state index is -2.32. The predicted octanol–water partition coefficient (Wildman–Crippen LogP) is 12.5. The molecule has 10 nitrogen and oxygen atoms in total. The molecule has 0 saturated heterocycles. The maximum absolute atomic E-state index is 10.8. The highest BCUT2D eigenvalue weighted by Gasteiger charge is 2.34. The van der Waals surface area contributed by atoms with Gasteiger partial charge in [-0.05, 0) is 125 Å². The number of rotatable bonds is 23. The highest BCUT2D eigenvalue weighted by molar-refractivity contribution is 8.76. The van der Waals surface area contributed by atoms with Crippen molar-refractivity contribution in [3.05, 3.63) is 159 Å². The van der Waals surface area contributed by atoms with Gasteiger partial charge in [-0.15, -0.1) is 0 Å². The van der Waals surface area contributed by atoms with E-state index in [0.717, 1.165) is 86.5 Å². The van der Waals surface area contributed by atoms with Crippen LogP contribution in [0.1, 0.15) is 90.6 Å². The number of phenols is 3. The van der Waals surface area contributed by atoms with E-state index in [0.29, 0.717) is 12.8 Å². The van der Waals surface area contributed by atoms with Crippen molar-refractivity contribution in [2.24, 2.45) is 0 Å². The van der Waals surface area contributed by atoms with Gasteiger partial charge in [0.2, 0.25) is 0 Å². The summed E-state index contributed by atoms with van der Waals surface area (Å²) in [5.74, 6) is 2.84. The highest BCUT2D eigenvalue weighted by atomic mass is 33.1. The lowest BCUT2D eigenvalue weighted by Gasteiger charge is -2.31. The molecule has 0 fully saturated rings. The molecular formula is C53H76O10S2Si2. The van der Waals surface area contributed by atoms with Crippen LogP contribution in [-0.4, -0.2) is 83.7 Å². The van der Waals surface area contributed by atoms with Crippen LogP contribution in [0.3, 0.4) is 0 Å². The molecule has 0 heterocycles. The first kappa shape index (κ1) is 57.7. The fourth-order valence-electron chi connectivity index (χ4n) is 7.06. The molecule has 14 heteroatoms. The minimum absolute atomic E-state index is 0.0229. The van der Waals surface area contributed by atoms with Crippen molar-refractivity contribution in [2.45, 2.75) is 104 Å². The lowest BCUT2D eigenvalue weighted by Crippen LogP contribution is -2.44. The third kappa shape index (κ3) is 19.0. The van der Waals surface area contributed by atoms with E-state index in [1.165, 1.54) is 0 Å². The number of hydrogen-bond acceptors (Lipinski definition) is 12. The molecule has 0 aliphatic carbocycles. The summed E-state index contributed by atoms with van der Waals surface area (Å²) in [6, 6.07) is 36.9. The largest absolute Gasteiger partial charge is 0.508 e. The smallest absolute Gasteiger partial charge is 0.364 e. The summed E-state index contributed by atoms with van der Waals surface area (Å²) in [6.45, 7) is 16.0. The van der Waals surface area contributed by atoms with Crippen molar-refractivity contribution in [1.82, 2.24) is 0 Å². The molecule has 0 atom stereocenters. The predicted molar refractivity (Wildman–Crippen MR) is 282 cm³/mol. The van der Waals surface area contributed by atoms with E-state index in [1.54, 1.807) is 40.6 Å². The van der Waals surface area contributed by atoms with Crippen molar-refractivity contribution >= 4 is 38.7 Å². The van der Waals surface area contributed by atoms with E-state index in [1.807, 2.05) is 167 Å². The number of aliphatic hydroxyl groups is 1. The molecule has 0 amide bonds. The van der Waals surface area contributed by atoms with Crippen molar-refractivity contribution in [3.63, 3.8) is 0 Å². The van der Waals surface area contributed by atoms with E-state index >= 15 is 0 Å². The third-order valence-electron chi connectivity index (χ3n) is 11.6. The Labute approximate surface area is 411 Å². The Bertz CT molecular complexity index is 2070. The zero-order valence-electron chi connectivity index (χ0n) is 41.8. The number of phenolic OH excluding ortho intramolecular Hbond substituents is 3. The van der Waals surface area contributed by atoms with Gasteiger partial charge >= 0.3 is 17.1 Å². The Kier molecular flexibility index (Phi) is 24.2. The van der Waals surface area contributed by atoms with E-state index in [9.17, 15) is 20.4 Å². The van der Waals surface area contributed by atoms with Crippen LogP contribution in [0.2, 0.25) is 18.6 Å². The summed E-state index contributed by atoms with van der Waals surface area (Å²) < 4.78 is 21.7. The van der Waals surface area contributed by atoms with Crippen LogP contribution < -0.4 is 0 Å². The van der Waals surface area contributed by atoms with Gasteiger partial charge in [-0.25, -0.2) is 9.78 Å². The van der Waals surface area contributed by atoms with E-state index in [4.69, 9.17) is 27.5 Å². The molecule has 5 aromatic carbocycles. The molecule has 0 radical (unpaired) electrons. The van der Waals surface area contributed by atoms with Crippen LogP contribution in [-0.2, 0) is 51.5 Å². The Morgan fingerprint density at radius 3 is 1.27 bits per heavy atom. The van der Waals surface area contributed by atoms with Crippen LogP contribution in [0.4, 0.5) is 0 Å². The average molecular weight is 993 g/mol. The monoisotopic (exact) mass is 992 g/mol. The van der Waals surface area contributed by atoms with Crippen molar-refractivity contribution in [1.29, 1.82) is 0 Å². The second-order valence-corrected chi connectivity index (χ2v) is 27.6. The van der Waals surface area contributed by atoms with Crippen LogP contribution in [0.5, 0.6) is 17.2 Å². The van der Waals surface area contributed by atoms with Gasteiger partial charge in [0, 0.05) is 52.8 Å². The Hall–Kier alpha value is -3.65. The summed E-state index contributed by atoms with van der Waals surface area (Å²) in [5.41, 5.74) is 7.47.